The van der Waals surface area contributed by atoms with Crippen LogP contribution in [0.4, 0.5) is 0 Å². The lowest BCUT2D eigenvalue weighted by Crippen LogP contribution is -2.70. The Labute approximate surface area is 185 Å². The van der Waals surface area contributed by atoms with E-state index >= 15 is 0 Å². The van der Waals surface area contributed by atoms with Gasteiger partial charge in [0.25, 0.3) is 0 Å². The largest absolute Gasteiger partial charge is 0.462 e. The molecular formula is C28H30NO2+. The zero-order valence-corrected chi connectivity index (χ0v) is 18.1. The quantitative estimate of drug-likeness (QED) is 0.363. The summed E-state index contributed by atoms with van der Waals surface area (Å²) >= 11 is 0. The maximum absolute atomic E-state index is 12.7. The Morgan fingerprint density at radius 3 is 2.13 bits per heavy atom. The molecule has 3 heteroatoms. The van der Waals surface area contributed by atoms with E-state index in [9.17, 15) is 4.79 Å². The Balaban J connectivity index is 1.75. The maximum atomic E-state index is 12.7. The van der Waals surface area contributed by atoms with Gasteiger partial charge in [-0.2, -0.15) is 0 Å². The van der Waals surface area contributed by atoms with Gasteiger partial charge < -0.3 is 9.22 Å². The molecule has 0 unspecified atom stereocenters. The molecule has 1 aliphatic rings. The Bertz CT molecular complexity index is 1020. The number of nitrogens with zero attached hydrogens (tertiary/aromatic N) is 1. The van der Waals surface area contributed by atoms with Crippen LogP contribution >= 0.6 is 0 Å². The minimum absolute atomic E-state index is 0.106. The summed E-state index contributed by atoms with van der Waals surface area (Å²) in [5.41, 5.74) is 4.74. The highest BCUT2D eigenvalue weighted by atomic mass is 16.5. The summed E-state index contributed by atoms with van der Waals surface area (Å²) in [5, 5.41) is 0. The molecule has 158 valence electrons. The third-order valence-electron chi connectivity index (χ3n) is 6.35. The zero-order chi connectivity index (χ0) is 21.7. The molecule has 3 aromatic carbocycles. The summed E-state index contributed by atoms with van der Waals surface area (Å²) in [5.74, 6) is 0.169. The smallest absolute Gasteiger partial charge is 0.361 e. The van der Waals surface area contributed by atoms with Gasteiger partial charge in [-0.25, -0.2) is 4.79 Å². The van der Waals surface area contributed by atoms with Crippen molar-refractivity contribution in [1.29, 1.82) is 0 Å². The molecule has 3 nitrogen and oxygen atoms in total. The predicted molar refractivity (Wildman–Crippen MR) is 125 cm³/mol. The summed E-state index contributed by atoms with van der Waals surface area (Å²) in [4.78, 5) is 12.7. The van der Waals surface area contributed by atoms with E-state index in [-0.39, 0.29) is 12.0 Å². The van der Waals surface area contributed by atoms with E-state index in [0.717, 1.165) is 24.2 Å². The molecule has 1 heterocycles. The number of carbonyl (C=O) groups is 1. The number of quaternary nitrogens is 1. The monoisotopic (exact) mass is 412 g/mol. The maximum Gasteiger partial charge on any atom is 0.361 e. The van der Waals surface area contributed by atoms with Gasteiger partial charge in [0, 0.05) is 11.1 Å². The van der Waals surface area contributed by atoms with Crippen LogP contribution in [0.1, 0.15) is 29.5 Å². The van der Waals surface area contributed by atoms with Gasteiger partial charge in [0.05, 0.1) is 19.1 Å². The van der Waals surface area contributed by atoms with Gasteiger partial charge in [0.15, 0.2) is 6.54 Å². The van der Waals surface area contributed by atoms with Gasteiger partial charge in [-0.05, 0) is 18.1 Å². The lowest BCUT2D eigenvalue weighted by Gasteiger charge is -2.57. The number of rotatable bonds is 8. The first kappa shape index (κ1) is 21.1. The minimum Gasteiger partial charge on any atom is -0.462 e. The standard InChI is InChI=1S/C28H30NO2/c1-3-31-27(30)21-29(19-23-13-7-4-8-14-23)20-26(25-17-11-6-12-18-25)28(29)22(2)24-15-9-5-10-16-24/h4-18,26,28H,2-3,19-21H2,1H3/q+1/t26-,28-,29-/m0/s1. The van der Waals surface area contributed by atoms with Gasteiger partial charge in [-0.1, -0.05) is 97.6 Å². The second-order valence-electron chi connectivity index (χ2n) is 8.36. The Hall–Kier alpha value is -3.17. The molecule has 1 aliphatic heterocycles. The van der Waals surface area contributed by atoms with Crippen LogP contribution in [-0.4, -0.2) is 36.2 Å². The molecule has 0 amide bonds. The van der Waals surface area contributed by atoms with Crippen molar-refractivity contribution in [3.63, 3.8) is 0 Å². The van der Waals surface area contributed by atoms with Gasteiger partial charge in [-0.3, -0.25) is 0 Å². The molecule has 0 radical (unpaired) electrons. The van der Waals surface area contributed by atoms with Crippen molar-refractivity contribution in [3.05, 3.63) is 114 Å². The van der Waals surface area contributed by atoms with Crippen molar-refractivity contribution in [2.75, 3.05) is 19.7 Å². The molecular weight excluding hydrogens is 382 g/mol. The average molecular weight is 413 g/mol. The highest BCUT2D eigenvalue weighted by Gasteiger charge is 2.57. The first-order chi connectivity index (χ1) is 15.1. The second-order valence-corrected chi connectivity index (χ2v) is 8.36. The second kappa shape index (κ2) is 9.32. The SMILES string of the molecule is C=C(c1ccccc1)[C@H]1[C@H](c2ccccc2)C[N@+]1(CC(=O)OCC)Cc1ccccc1. The number of hydrogen-bond acceptors (Lipinski definition) is 2. The number of hydrogen-bond donors (Lipinski definition) is 0. The summed E-state index contributed by atoms with van der Waals surface area (Å²) in [6.45, 7) is 8.82. The van der Waals surface area contributed by atoms with Crippen LogP contribution in [0.3, 0.4) is 0 Å². The van der Waals surface area contributed by atoms with Gasteiger partial charge in [0.2, 0.25) is 0 Å². The summed E-state index contributed by atoms with van der Waals surface area (Å²) in [6, 6.07) is 31.5. The molecule has 0 aliphatic carbocycles. The molecule has 0 spiro atoms. The molecule has 1 saturated heterocycles. The van der Waals surface area contributed by atoms with Crippen LogP contribution in [-0.2, 0) is 16.1 Å². The van der Waals surface area contributed by atoms with E-state index in [1.807, 2.05) is 37.3 Å². The van der Waals surface area contributed by atoms with Gasteiger partial charge in [0.1, 0.15) is 12.6 Å². The molecule has 3 aromatic rings. The van der Waals surface area contributed by atoms with Crippen LogP contribution in [0.2, 0.25) is 0 Å². The van der Waals surface area contributed by atoms with Crippen LogP contribution < -0.4 is 0 Å². The van der Waals surface area contributed by atoms with Crippen LogP contribution in [0.25, 0.3) is 5.57 Å². The van der Waals surface area contributed by atoms with E-state index in [2.05, 4.69) is 67.2 Å². The fraction of sp³-hybridized carbons (Fsp3) is 0.250. The molecule has 0 aromatic heterocycles. The van der Waals surface area contributed by atoms with Crippen molar-refractivity contribution in [1.82, 2.24) is 0 Å². The molecule has 0 N–H and O–H groups in total. The Morgan fingerprint density at radius 1 is 0.935 bits per heavy atom. The normalized spacial score (nSPS) is 22.4. The number of carbonyl (C=O) groups excluding carboxylic acids is 1. The average Bonchev–Trinajstić information content (AvgIpc) is 2.79. The molecule has 4 rings (SSSR count). The highest BCUT2D eigenvalue weighted by molar-refractivity contribution is 5.72. The lowest BCUT2D eigenvalue weighted by molar-refractivity contribution is -0.990. The number of likely N-dealkylation sites (tertiary alicyclic amines) is 1. The third kappa shape index (κ3) is 4.47. The first-order valence-corrected chi connectivity index (χ1v) is 11.0. The van der Waals surface area contributed by atoms with E-state index in [1.54, 1.807) is 0 Å². The van der Waals surface area contributed by atoms with Crippen molar-refractivity contribution in [3.8, 4) is 0 Å². The van der Waals surface area contributed by atoms with Crippen LogP contribution in [0.5, 0.6) is 0 Å². The highest BCUT2D eigenvalue weighted by Crippen LogP contribution is 2.48. The van der Waals surface area contributed by atoms with E-state index < -0.39 is 0 Å². The lowest BCUT2D eigenvalue weighted by atomic mass is 9.73. The van der Waals surface area contributed by atoms with E-state index in [0.29, 0.717) is 23.6 Å². The number of ether oxygens (including phenoxy) is 1. The number of esters is 1. The zero-order valence-electron chi connectivity index (χ0n) is 18.1. The Morgan fingerprint density at radius 2 is 1.52 bits per heavy atom. The molecule has 0 bridgehead atoms. The van der Waals surface area contributed by atoms with E-state index in [1.165, 1.54) is 11.1 Å². The van der Waals surface area contributed by atoms with Gasteiger partial charge >= 0.3 is 5.97 Å². The topological polar surface area (TPSA) is 26.3 Å². The molecule has 0 saturated carbocycles. The molecule has 3 atom stereocenters. The number of benzene rings is 3. The predicted octanol–water partition coefficient (Wildman–Crippen LogP) is 5.45. The van der Waals surface area contributed by atoms with Crippen molar-refractivity contribution in [2.24, 2.45) is 0 Å². The minimum atomic E-state index is -0.143. The van der Waals surface area contributed by atoms with Crippen LogP contribution in [0, 0.1) is 0 Å². The summed E-state index contributed by atoms with van der Waals surface area (Å²) < 4.78 is 6.04. The van der Waals surface area contributed by atoms with Crippen molar-refractivity contribution in [2.45, 2.75) is 25.4 Å². The summed E-state index contributed by atoms with van der Waals surface area (Å²) in [6.07, 6.45) is 0. The van der Waals surface area contributed by atoms with Gasteiger partial charge in [-0.15, -0.1) is 0 Å². The molecule has 1 fully saturated rings. The summed E-state index contributed by atoms with van der Waals surface area (Å²) in [7, 11) is 0. The van der Waals surface area contributed by atoms with E-state index in [4.69, 9.17) is 4.74 Å². The molecule has 31 heavy (non-hydrogen) atoms. The van der Waals surface area contributed by atoms with Crippen molar-refractivity contribution < 1.29 is 14.0 Å². The van der Waals surface area contributed by atoms with Crippen LogP contribution in [0.15, 0.2) is 97.6 Å². The Kier molecular flexibility index (Phi) is 6.34. The third-order valence-corrected chi connectivity index (χ3v) is 6.35. The van der Waals surface area contributed by atoms with Crippen molar-refractivity contribution >= 4 is 11.5 Å². The fourth-order valence-electron chi connectivity index (χ4n) is 5.03. The fourth-order valence-corrected chi connectivity index (χ4v) is 5.03. The first-order valence-electron chi connectivity index (χ1n) is 11.0.